The Morgan fingerprint density at radius 1 is 1.27 bits per heavy atom. The number of carbonyl (C=O) groups excluding carboxylic acids is 1. The van der Waals surface area contributed by atoms with Gasteiger partial charge in [0.2, 0.25) is 0 Å². The zero-order valence-corrected chi connectivity index (χ0v) is 15.2. The van der Waals surface area contributed by atoms with Crippen molar-refractivity contribution in [3.63, 3.8) is 0 Å². The molecule has 0 unspecified atom stereocenters. The minimum Gasteiger partial charge on any atom is -0.458 e. The molecule has 7 nitrogen and oxygen atoms in total. The number of primary amides is 1. The number of hydrogen-bond acceptors (Lipinski definition) is 5. The zero-order valence-electron chi connectivity index (χ0n) is 15.2. The third-order valence-corrected chi connectivity index (χ3v) is 4.51. The van der Waals surface area contributed by atoms with Crippen LogP contribution < -0.4 is 11.1 Å². The highest BCUT2D eigenvalue weighted by molar-refractivity contribution is 5.91. The lowest BCUT2D eigenvalue weighted by Crippen LogP contribution is -2.23. The van der Waals surface area contributed by atoms with E-state index in [-0.39, 0.29) is 5.76 Å². The van der Waals surface area contributed by atoms with E-state index in [1.807, 2.05) is 24.4 Å². The molecule has 1 amide bonds. The first-order valence-electron chi connectivity index (χ1n) is 9.19. The van der Waals surface area contributed by atoms with Crippen LogP contribution in [0.1, 0.15) is 56.5 Å². The quantitative estimate of drug-likeness (QED) is 0.740. The lowest BCUT2D eigenvalue weighted by atomic mass is 9.95. The van der Waals surface area contributed by atoms with Crippen molar-refractivity contribution in [1.82, 2.24) is 14.4 Å². The number of imidazole rings is 1. The summed E-state index contributed by atoms with van der Waals surface area (Å²) in [5, 5.41) is 3.52. The van der Waals surface area contributed by atoms with E-state index in [4.69, 9.17) is 10.2 Å². The summed E-state index contributed by atoms with van der Waals surface area (Å²) in [6.45, 7) is 4.00. The molecule has 3 heterocycles. The van der Waals surface area contributed by atoms with Crippen molar-refractivity contribution < 1.29 is 9.21 Å². The van der Waals surface area contributed by atoms with Gasteiger partial charge in [0, 0.05) is 24.0 Å². The molecule has 0 spiro atoms. The van der Waals surface area contributed by atoms with Crippen molar-refractivity contribution in [1.29, 1.82) is 0 Å². The topological polar surface area (TPSA) is 98.5 Å². The van der Waals surface area contributed by atoms with Crippen LogP contribution in [0.4, 0.5) is 5.82 Å². The Kier molecular flexibility index (Phi) is 5.55. The number of aromatic nitrogens is 3. The fourth-order valence-electron chi connectivity index (χ4n) is 3.27. The first-order chi connectivity index (χ1) is 12.7. The summed E-state index contributed by atoms with van der Waals surface area (Å²) in [4.78, 5) is 20.2. The van der Waals surface area contributed by atoms with E-state index in [0.29, 0.717) is 6.04 Å². The molecule has 3 aromatic heterocycles. The van der Waals surface area contributed by atoms with Gasteiger partial charge in [0.05, 0.1) is 11.9 Å². The summed E-state index contributed by atoms with van der Waals surface area (Å²) < 4.78 is 7.14. The van der Waals surface area contributed by atoms with Crippen LogP contribution >= 0.6 is 0 Å². The first kappa shape index (κ1) is 18.0. The molecule has 1 fully saturated rings. The molecular formula is C19H25N5O2. The SMILES string of the molecule is CC.NC(=O)c1cc(-c2cnc(NC3CCCCC3)c3nccn23)co1. The summed E-state index contributed by atoms with van der Waals surface area (Å²) in [5.41, 5.74) is 7.55. The Labute approximate surface area is 152 Å². The Bertz CT molecular complexity index is 877. The smallest absolute Gasteiger partial charge is 0.284 e. The van der Waals surface area contributed by atoms with Crippen molar-refractivity contribution >= 4 is 17.4 Å². The molecule has 0 aliphatic heterocycles. The molecule has 0 radical (unpaired) electrons. The molecule has 4 rings (SSSR count). The predicted octanol–water partition coefficient (Wildman–Crippen LogP) is 3.86. The van der Waals surface area contributed by atoms with Gasteiger partial charge in [0.1, 0.15) is 6.26 Å². The van der Waals surface area contributed by atoms with Crippen LogP contribution in [-0.2, 0) is 0 Å². The number of rotatable bonds is 4. The third kappa shape index (κ3) is 3.56. The Balaban J connectivity index is 0.000000948. The van der Waals surface area contributed by atoms with Crippen LogP contribution in [0.2, 0.25) is 0 Å². The summed E-state index contributed by atoms with van der Waals surface area (Å²) in [7, 11) is 0. The first-order valence-corrected chi connectivity index (χ1v) is 9.19. The van der Waals surface area contributed by atoms with Crippen molar-refractivity contribution in [3.05, 3.63) is 36.7 Å². The molecule has 0 atom stereocenters. The van der Waals surface area contributed by atoms with Gasteiger partial charge in [-0.05, 0) is 18.9 Å². The number of nitrogens with zero attached hydrogens (tertiary/aromatic N) is 3. The van der Waals surface area contributed by atoms with E-state index in [0.717, 1.165) is 22.7 Å². The van der Waals surface area contributed by atoms with Crippen molar-refractivity contribution in [2.45, 2.75) is 52.0 Å². The van der Waals surface area contributed by atoms with Gasteiger partial charge in [-0.3, -0.25) is 9.20 Å². The van der Waals surface area contributed by atoms with Gasteiger partial charge >= 0.3 is 0 Å². The molecule has 1 aliphatic carbocycles. The van der Waals surface area contributed by atoms with Gasteiger partial charge in [-0.2, -0.15) is 0 Å². The number of anilines is 1. The number of fused-ring (bicyclic) bond motifs is 1. The van der Waals surface area contributed by atoms with Crippen molar-refractivity contribution in [3.8, 4) is 11.3 Å². The van der Waals surface area contributed by atoms with Crippen molar-refractivity contribution in [2.24, 2.45) is 5.73 Å². The monoisotopic (exact) mass is 355 g/mol. The minimum atomic E-state index is -0.591. The molecule has 1 aliphatic rings. The normalized spacial score (nSPS) is 14.7. The maximum absolute atomic E-state index is 11.2. The maximum Gasteiger partial charge on any atom is 0.284 e. The van der Waals surface area contributed by atoms with Crippen LogP contribution in [0.25, 0.3) is 16.9 Å². The van der Waals surface area contributed by atoms with Crippen molar-refractivity contribution in [2.75, 3.05) is 5.32 Å². The molecule has 0 saturated heterocycles. The fraction of sp³-hybridized carbons (Fsp3) is 0.421. The average molecular weight is 355 g/mol. The number of carbonyl (C=O) groups is 1. The standard InChI is InChI=1S/C17H19N5O2.C2H6/c18-15(23)14-8-11(10-24-14)13-9-20-16(17-19-6-7-22(13)17)21-12-4-2-1-3-5-12;1-2/h6-10,12H,1-5H2,(H2,18,23)(H,20,21);1-2H3. The van der Waals surface area contributed by atoms with Gasteiger partial charge in [-0.1, -0.05) is 33.1 Å². The molecule has 3 aromatic rings. The highest BCUT2D eigenvalue weighted by atomic mass is 16.3. The number of nitrogens with one attached hydrogen (secondary N) is 1. The van der Waals surface area contributed by atoms with E-state index in [2.05, 4.69) is 15.3 Å². The Morgan fingerprint density at radius 3 is 2.73 bits per heavy atom. The molecule has 138 valence electrons. The van der Waals surface area contributed by atoms with E-state index in [1.54, 1.807) is 18.5 Å². The van der Waals surface area contributed by atoms with Gasteiger partial charge in [0.25, 0.3) is 5.91 Å². The second-order valence-electron chi connectivity index (χ2n) is 6.16. The second-order valence-corrected chi connectivity index (χ2v) is 6.16. The van der Waals surface area contributed by atoms with E-state index in [1.165, 1.54) is 38.4 Å². The van der Waals surface area contributed by atoms with Gasteiger partial charge in [-0.15, -0.1) is 0 Å². The average Bonchev–Trinajstić information content (AvgIpc) is 3.35. The summed E-state index contributed by atoms with van der Waals surface area (Å²) in [6.07, 6.45) is 13.0. The number of hydrogen-bond donors (Lipinski definition) is 2. The second kappa shape index (κ2) is 8.03. The highest BCUT2D eigenvalue weighted by Gasteiger charge is 2.18. The lowest BCUT2D eigenvalue weighted by Gasteiger charge is -2.23. The zero-order chi connectivity index (χ0) is 18.5. The van der Waals surface area contributed by atoms with Crippen LogP contribution in [0.15, 0.2) is 35.3 Å². The summed E-state index contributed by atoms with van der Waals surface area (Å²) in [5.74, 6) is 0.323. The number of amides is 1. The minimum absolute atomic E-state index is 0.127. The molecule has 7 heteroatoms. The van der Waals surface area contributed by atoms with Crippen LogP contribution in [-0.4, -0.2) is 26.3 Å². The van der Waals surface area contributed by atoms with Gasteiger partial charge in [0.15, 0.2) is 17.2 Å². The van der Waals surface area contributed by atoms with Crippen LogP contribution in [0.5, 0.6) is 0 Å². The predicted molar refractivity (Wildman–Crippen MR) is 101 cm³/mol. The third-order valence-electron chi connectivity index (χ3n) is 4.51. The molecule has 1 saturated carbocycles. The molecule has 26 heavy (non-hydrogen) atoms. The maximum atomic E-state index is 11.2. The lowest BCUT2D eigenvalue weighted by molar-refractivity contribution is 0.0974. The van der Waals surface area contributed by atoms with Gasteiger partial charge in [-0.25, -0.2) is 9.97 Å². The van der Waals surface area contributed by atoms with Crippen LogP contribution in [0, 0.1) is 0 Å². The Morgan fingerprint density at radius 2 is 2.04 bits per heavy atom. The number of furan rings is 1. The highest BCUT2D eigenvalue weighted by Crippen LogP contribution is 2.27. The summed E-state index contributed by atoms with van der Waals surface area (Å²) in [6, 6.07) is 2.07. The largest absolute Gasteiger partial charge is 0.458 e. The molecule has 3 N–H and O–H groups in total. The summed E-state index contributed by atoms with van der Waals surface area (Å²) >= 11 is 0. The van der Waals surface area contributed by atoms with Gasteiger partial charge < -0.3 is 15.5 Å². The molecule has 0 aromatic carbocycles. The molecular weight excluding hydrogens is 330 g/mol. The van der Waals surface area contributed by atoms with E-state index < -0.39 is 5.91 Å². The fourth-order valence-corrected chi connectivity index (χ4v) is 3.27. The molecule has 0 bridgehead atoms. The number of nitrogens with two attached hydrogens (primary N) is 1. The van der Waals surface area contributed by atoms with E-state index >= 15 is 0 Å². The van der Waals surface area contributed by atoms with E-state index in [9.17, 15) is 4.79 Å². The van der Waals surface area contributed by atoms with Crippen LogP contribution in [0.3, 0.4) is 0 Å². The Hall–Kier alpha value is -2.83.